The minimum absolute atomic E-state index is 0.239. The zero-order chi connectivity index (χ0) is 13.5. The molecule has 0 N–H and O–H groups in total. The van der Waals surface area contributed by atoms with E-state index < -0.39 is 0 Å². The second-order valence-electron chi connectivity index (χ2n) is 3.80. The largest absolute Gasteiger partial charge is 0.469 e. The molecule has 0 fully saturated rings. The zero-order valence-corrected chi connectivity index (χ0v) is 11.4. The van der Waals surface area contributed by atoms with Crippen LogP contribution < -0.4 is 0 Å². The second-order valence-corrected chi connectivity index (χ2v) is 4.84. The van der Waals surface area contributed by atoms with Crippen LogP contribution in [0.4, 0.5) is 0 Å². The van der Waals surface area contributed by atoms with E-state index in [0.29, 0.717) is 29.7 Å². The van der Waals surface area contributed by atoms with Gasteiger partial charge < -0.3 is 9.15 Å². The fourth-order valence-electron chi connectivity index (χ4n) is 1.46. The molecule has 0 saturated carbocycles. The Balaban J connectivity index is 1.84. The molecule has 2 aromatic rings. The lowest BCUT2D eigenvalue weighted by Gasteiger charge is -1.96. The van der Waals surface area contributed by atoms with Crippen LogP contribution in [0.2, 0.25) is 0 Å². The summed E-state index contributed by atoms with van der Waals surface area (Å²) in [5, 5.41) is 8.39. The number of methoxy groups -OCH3 is 1. The van der Waals surface area contributed by atoms with E-state index in [1.165, 1.54) is 18.9 Å². The molecule has 0 radical (unpaired) electrons. The molecule has 0 unspecified atom stereocenters. The van der Waals surface area contributed by atoms with Gasteiger partial charge in [-0.3, -0.25) is 4.79 Å². The SMILES string of the molecule is COC(=O)CCSc1nnc(Cc2ccccc2)o1. The fourth-order valence-corrected chi connectivity index (χ4v) is 2.16. The number of esters is 1. The molecule has 2 rings (SSSR count). The third-order valence-corrected chi connectivity index (χ3v) is 3.23. The molecule has 0 spiro atoms. The number of carbonyl (C=O) groups excluding carboxylic acids is 1. The van der Waals surface area contributed by atoms with Crippen LogP contribution in [0.25, 0.3) is 0 Å². The molecule has 0 amide bonds. The van der Waals surface area contributed by atoms with Crippen LogP contribution >= 0.6 is 11.8 Å². The maximum Gasteiger partial charge on any atom is 0.306 e. The van der Waals surface area contributed by atoms with Gasteiger partial charge in [0.25, 0.3) is 5.22 Å². The molecule has 0 bridgehead atoms. The summed E-state index contributed by atoms with van der Waals surface area (Å²) in [4.78, 5) is 10.9. The first-order valence-electron chi connectivity index (χ1n) is 5.84. The molecule has 0 saturated heterocycles. The molecule has 1 heterocycles. The monoisotopic (exact) mass is 278 g/mol. The van der Waals surface area contributed by atoms with Crippen LogP contribution in [0.5, 0.6) is 0 Å². The van der Waals surface area contributed by atoms with Crippen molar-refractivity contribution in [3.05, 3.63) is 41.8 Å². The highest BCUT2D eigenvalue weighted by atomic mass is 32.2. The lowest BCUT2D eigenvalue weighted by Crippen LogP contribution is -2.00. The Labute approximate surface area is 115 Å². The van der Waals surface area contributed by atoms with Gasteiger partial charge in [0.1, 0.15) is 0 Å². The number of carbonyl (C=O) groups is 1. The number of hydrogen-bond donors (Lipinski definition) is 0. The maximum absolute atomic E-state index is 10.9. The van der Waals surface area contributed by atoms with Crippen LogP contribution in [-0.4, -0.2) is 29.0 Å². The number of aromatic nitrogens is 2. The summed E-state index contributed by atoms with van der Waals surface area (Å²) in [6.45, 7) is 0. The minimum Gasteiger partial charge on any atom is -0.469 e. The van der Waals surface area contributed by atoms with Gasteiger partial charge in [-0.25, -0.2) is 0 Å². The van der Waals surface area contributed by atoms with Crippen molar-refractivity contribution in [1.29, 1.82) is 0 Å². The van der Waals surface area contributed by atoms with Crippen molar-refractivity contribution in [3.63, 3.8) is 0 Å². The zero-order valence-electron chi connectivity index (χ0n) is 10.5. The average molecular weight is 278 g/mol. The number of hydrogen-bond acceptors (Lipinski definition) is 6. The minimum atomic E-state index is -0.239. The van der Waals surface area contributed by atoms with Crippen LogP contribution in [0.15, 0.2) is 40.0 Å². The van der Waals surface area contributed by atoms with E-state index in [1.54, 1.807) is 0 Å². The van der Waals surface area contributed by atoms with Gasteiger partial charge in [-0.15, -0.1) is 10.2 Å². The number of nitrogens with zero attached hydrogens (tertiary/aromatic N) is 2. The van der Waals surface area contributed by atoms with Gasteiger partial charge in [-0.1, -0.05) is 42.1 Å². The van der Waals surface area contributed by atoms with Crippen molar-refractivity contribution in [1.82, 2.24) is 10.2 Å². The standard InChI is InChI=1S/C13H14N2O3S/c1-17-12(16)7-8-19-13-15-14-11(18-13)9-10-5-3-2-4-6-10/h2-6H,7-9H2,1H3. The van der Waals surface area contributed by atoms with Crippen molar-refractivity contribution in [3.8, 4) is 0 Å². The summed E-state index contributed by atoms with van der Waals surface area (Å²) in [5.74, 6) is 0.905. The lowest BCUT2D eigenvalue weighted by molar-refractivity contribution is -0.140. The number of rotatable bonds is 6. The first-order valence-corrected chi connectivity index (χ1v) is 6.82. The second kappa shape index (κ2) is 6.94. The highest BCUT2D eigenvalue weighted by Crippen LogP contribution is 2.18. The van der Waals surface area contributed by atoms with Gasteiger partial charge in [0.05, 0.1) is 20.0 Å². The van der Waals surface area contributed by atoms with Crippen molar-refractivity contribution in [2.45, 2.75) is 18.1 Å². The van der Waals surface area contributed by atoms with Gasteiger partial charge in [0.2, 0.25) is 5.89 Å². The summed E-state index contributed by atoms with van der Waals surface area (Å²) in [6.07, 6.45) is 0.947. The summed E-state index contributed by atoms with van der Waals surface area (Å²) in [6, 6.07) is 9.92. The average Bonchev–Trinajstić information content (AvgIpc) is 2.87. The van der Waals surface area contributed by atoms with Gasteiger partial charge in [0, 0.05) is 5.75 Å². The van der Waals surface area contributed by atoms with Crippen LogP contribution in [-0.2, 0) is 16.0 Å². The van der Waals surface area contributed by atoms with E-state index in [4.69, 9.17) is 4.42 Å². The normalized spacial score (nSPS) is 10.4. The molecule has 0 aliphatic heterocycles. The quantitative estimate of drug-likeness (QED) is 0.597. The Kier molecular flexibility index (Phi) is 4.97. The van der Waals surface area contributed by atoms with Crippen LogP contribution in [0, 0.1) is 0 Å². The molecule has 100 valence electrons. The third kappa shape index (κ3) is 4.40. The molecule has 0 aliphatic carbocycles. The highest BCUT2D eigenvalue weighted by molar-refractivity contribution is 7.99. The predicted octanol–water partition coefficient (Wildman–Crippen LogP) is 2.32. The van der Waals surface area contributed by atoms with Crippen molar-refractivity contribution in [2.24, 2.45) is 0 Å². The van der Waals surface area contributed by atoms with Crippen molar-refractivity contribution >= 4 is 17.7 Å². The van der Waals surface area contributed by atoms with Crippen molar-refractivity contribution in [2.75, 3.05) is 12.9 Å². The Hall–Kier alpha value is -1.82. The first kappa shape index (κ1) is 13.6. The topological polar surface area (TPSA) is 65.2 Å². The molecule has 6 heteroatoms. The Bertz CT molecular complexity index is 528. The summed E-state index contributed by atoms with van der Waals surface area (Å²) in [5.41, 5.74) is 1.12. The molecular weight excluding hydrogens is 264 g/mol. The molecule has 0 aliphatic rings. The summed E-state index contributed by atoms with van der Waals surface area (Å²) < 4.78 is 10.0. The van der Waals surface area contributed by atoms with Gasteiger partial charge in [0.15, 0.2) is 0 Å². The summed E-state index contributed by atoms with van der Waals surface area (Å²) in [7, 11) is 1.37. The number of thioether (sulfide) groups is 1. The Morgan fingerprint density at radius 3 is 2.84 bits per heavy atom. The highest BCUT2D eigenvalue weighted by Gasteiger charge is 2.08. The number of benzene rings is 1. The molecule has 5 nitrogen and oxygen atoms in total. The Morgan fingerprint density at radius 1 is 1.32 bits per heavy atom. The van der Waals surface area contributed by atoms with Gasteiger partial charge in [-0.05, 0) is 5.56 Å². The van der Waals surface area contributed by atoms with E-state index in [-0.39, 0.29) is 5.97 Å². The fraction of sp³-hybridized carbons (Fsp3) is 0.308. The third-order valence-electron chi connectivity index (χ3n) is 2.41. The first-order chi connectivity index (χ1) is 9.28. The summed E-state index contributed by atoms with van der Waals surface area (Å²) >= 11 is 1.35. The van der Waals surface area contributed by atoms with Gasteiger partial charge >= 0.3 is 5.97 Å². The van der Waals surface area contributed by atoms with Crippen LogP contribution in [0.3, 0.4) is 0 Å². The smallest absolute Gasteiger partial charge is 0.306 e. The van der Waals surface area contributed by atoms with E-state index >= 15 is 0 Å². The van der Waals surface area contributed by atoms with Crippen LogP contribution in [0.1, 0.15) is 17.9 Å². The molecule has 0 atom stereocenters. The maximum atomic E-state index is 10.9. The van der Waals surface area contributed by atoms with E-state index in [9.17, 15) is 4.79 Å². The molecule has 19 heavy (non-hydrogen) atoms. The van der Waals surface area contributed by atoms with Gasteiger partial charge in [-0.2, -0.15) is 0 Å². The molecular formula is C13H14N2O3S. The Morgan fingerprint density at radius 2 is 2.11 bits per heavy atom. The van der Waals surface area contributed by atoms with Crippen molar-refractivity contribution < 1.29 is 13.9 Å². The van der Waals surface area contributed by atoms with E-state index in [0.717, 1.165) is 5.56 Å². The van der Waals surface area contributed by atoms with E-state index in [2.05, 4.69) is 14.9 Å². The molecule has 1 aromatic carbocycles. The lowest BCUT2D eigenvalue weighted by atomic mass is 10.2. The van der Waals surface area contributed by atoms with E-state index in [1.807, 2.05) is 30.3 Å². The number of ether oxygens (including phenoxy) is 1. The predicted molar refractivity (Wildman–Crippen MR) is 70.9 cm³/mol. The molecule has 1 aromatic heterocycles.